The normalized spacial score (nSPS) is 11.6. The number of methoxy groups -OCH3 is 1. The van der Waals surface area contributed by atoms with E-state index in [2.05, 4.69) is 0 Å². The summed E-state index contributed by atoms with van der Waals surface area (Å²) in [6, 6.07) is 9.81. The highest BCUT2D eigenvalue weighted by atomic mass is 35.5. The molecule has 120 valence electrons. The van der Waals surface area contributed by atoms with Crippen molar-refractivity contribution in [3.63, 3.8) is 0 Å². The molecule has 0 fully saturated rings. The van der Waals surface area contributed by atoms with Crippen LogP contribution >= 0.6 is 11.6 Å². The average Bonchev–Trinajstić information content (AvgIpc) is 2.53. The van der Waals surface area contributed by atoms with Crippen LogP contribution in [0, 0.1) is 10.1 Å². The van der Waals surface area contributed by atoms with Crippen molar-refractivity contribution in [2.24, 2.45) is 0 Å². The third-order valence-electron chi connectivity index (χ3n) is 3.00. The standard InChI is InChI=1S/C15H12ClNO6/c1-22-13-8-11(17(20)21)6-7-12(13)23-14(15(18)19)9-2-4-10(16)5-3-9/h2-8,14H,1H3,(H,18,19). The van der Waals surface area contributed by atoms with Crippen molar-refractivity contribution in [1.82, 2.24) is 0 Å². The summed E-state index contributed by atoms with van der Waals surface area (Å²) in [4.78, 5) is 21.6. The fourth-order valence-corrected chi connectivity index (χ4v) is 2.02. The van der Waals surface area contributed by atoms with Crippen LogP contribution in [-0.4, -0.2) is 23.1 Å². The maximum atomic E-state index is 11.5. The molecular formula is C15H12ClNO6. The summed E-state index contributed by atoms with van der Waals surface area (Å²) in [5.41, 5.74) is 0.190. The van der Waals surface area contributed by atoms with Crippen molar-refractivity contribution >= 4 is 23.3 Å². The third-order valence-corrected chi connectivity index (χ3v) is 3.25. The van der Waals surface area contributed by atoms with Crippen LogP contribution < -0.4 is 9.47 Å². The van der Waals surface area contributed by atoms with E-state index in [0.29, 0.717) is 10.6 Å². The molecule has 2 rings (SSSR count). The number of aliphatic carboxylic acids is 1. The highest BCUT2D eigenvalue weighted by Crippen LogP contribution is 2.34. The third kappa shape index (κ3) is 3.89. The zero-order valence-corrected chi connectivity index (χ0v) is 12.7. The number of nitro groups is 1. The van der Waals surface area contributed by atoms with Crippen molar-refractivity contribution in [2.45, 2.75) is 6.10 Å². The minimum absolute atomic E-state index is 0.0689. The van der Waals surface area contributed by atoms with Gasteiger partial charge in [0, 0.05) is 16.7 Å². The molecule has 1 N–H and O–H groups in total. The molecule has 0 heterocycles. The fraction of sp³-hybridized carbons (Fsp3) is 0.133. The van der Waals surface area contributed by atoms with Crippen LogP contribution in [0.15, 0.2) is 42.5 Å². The summed E-state index contributed by atoms with van der Waals surface area (Å²) in [5, 5.41) is 20.6. The van der Waals surface area contributed by atoms with E-state index in [1.165, 1.54) is 31.4 Å². The number of benzene rings is 2. The van der Waals surface area contributed by atoms with Crippen molar-refractivity contribution in [1.29, 1.82) is 0 Å². The molecule has 0 spiro atoms. The molecule has 2 aromatic rings. The van der Waals surface area contributed by atoms with Gasteiger partial charge in [-0.25, -0.2) is 4.79 Å². The second-order valence-corrected chi connectivity index (χ2v) is 4.92. The first-order chi connectivity index (χ1) is 10.9. The summed E-state index contributed by atoms with van der Waals surface area (Å²) in [6.45, 7) is 0. The maximum absolute atomic E-state index is 11.5. The van der Waals surface area contributed by atoms with E-state index >= 15 is 0 Å². The predicted molar refractivity (Wildman–Crippen MR) is 82.1 cm³/mol. The lowest BCUT2D eigenvalue weighted by molar-refractivity contribution is -0.385. The number of rotatable bonds is 6. The van der Waals surface area contributed by atoms with Crippen LogP contribution in [-0.2, 0) is 4.79 Å². The molecule has 8 heteroatoms. The molecule has 0 aliphatic carbocycles. The van der Waals surface area contributed by atoms with Gasteiger partial charge in [0.15, 0.2) is 11.5 Å². The number of ether oxygens (including phenoxy) is 2. The van der Waals surface area contributed by atoms with E-state index in [-0.39, 0.29) is 17.2 Å². The van der Waals surface area contributed by atoms with Crippen LogP contribution in [0.25, 0.3) is 0 Å². The Labute approximate surface area is 136 Å². The molecule has 0 saturated heterocycles. The van der Waals surface area contributed by atoms with Crippen molar-refractivity contribution < 1.29 is 24.3 Å². The lowest BCUT2D eigenvalue weighted by atomic mass is 10.1. The van der Waals surface area contributed by atoms with Gasteiger partial charge in [-0.3, -0.25) is 10.1 Å². The molecule has 0 saturated carbocycles. The SMILES string of the molecule is COc1cc([N+](=O)[O-])ccc1OC(C(=O)O)c1ccc(Cl)cc1. The Balaban J connectivity index is 2.35. The van der Waals surface area contributed by atoms with Gasteiger partial charge in [-0.05, 0) is 18.2 Å². The maximum Gasteiger partial charge on any atom is 0.349 e. The second-order valence-electron chi connectivity index (χ2n) is 4.48. The lowest BCUT2D eigenvalue weighted by Gasteiger charge is -2.17. The topological polar surface area (TPSA) is 98.9 Å². The Morgan fingerprint density at radius 2 is 1.87 bits per heavy atom. The monoisotopic (exact) mass is 337 g/mol. The second kappa shape index (κ2) is 6.97. The predicted octanol–water partition coefficient (Wildman–Crippen LogP) is 3.46. The quantitative estimate of drug-likeness (QED) is 0.640. The van der Waals surface area contributed by atoms with Gasteiger partial charge in [0.1, 0.15) is 0 Å². The van der Waals surface area contributed by atoms with Crippen molar-refractivity contribution in [3.05, 3.63) is 63.2 Å². The summed E-state index contributed by atoms with van der Waals surface area (Å²) < 4.78 is 10.5. The number of carboxylic acids is 1. The molecule has 23 heavy (non-hydrogen) atoms. The minimum Gasteiger partial charge on any atom is -0.493 e. The first-order valence-electron chi connectivity index (χ1n) is 6.39. The zero-order valence-electron chi connectivity index (χ0n) is 11.9. The first-order valence-corrected chi connectivity index (χ1v) is 6.77. The smallest absolute Gasteiger partial charge is 0.349 e. The van der Waals surface area contributed by atoms with Gasteiger partial charge < -0.3 is 14.6 Å². The van der Waals surface area contributed by atoms with Crippen molar-refractivity contribution in [3.8, 4) is 11.5 Å². The van der Waals surface area contributed by atoms with E-state index < -0.39 is 17.0 Å². The largest absolute Gasteiger partial charge is 0.493 e. The number of nitro benzene ring substituents is 1. The van der Waals surface area contributed by atoms with Gasteiger partial charge in [-0.1, -0.05) is 23.7 Å². The molecule has 1 unspecified atom stereocenters. The van der Waals surface area contributed by atoms with E-state index in [9.17, 15) is 20.0 Å². The van der Waals surface area contributed by atoms with Gasteiger partial charge in [0.2, 0.25) is 6.10 Å². The summed E-state index contributed by atoms with van der Waals surface area (Å²) in [6.07, 6.45) is -1.30. The number of halogens is 1. The Morgan fingerprint density at radius 1 is 1.22 bits per heavy atom. The van der Waals surface area contributed by atoms with E-state index in [0.717, 1.165) is 6.07 Å². The van der Waals surface area contributed by atoms with Crippen LogP contribution in [0.1, 0.15) is 11.7 Å². The molecule has 0 aromatic heterocycles. The molecule has 0 aliphatic rings. The van der Waals surface area contributed by atoms with Crippen molar-refractivity contribution in [2.75, 3.05) is 7.11 Å². The fourth-order valence-electron chi connectivity index (χ4n) is 1.89. The van der Waals surface area contributed by atoms with Gasteiger partial charge in [-0.15, -0.1) is 0 Å². The van der Waals surface area contributed by atoms with E-state index in [1.54, 1.807) is 12.1 Å². The summed E-state index contributed by atoms with van der Waals surface area (Å²) >= 11 is 5.78. The Bertz CT molecular complexity index is 731. The van der Waals surface area contributed by atoms with Gasteiger partial charge in [0.05, 0.1) is 18.1 Å². The Kier molecular flexibility index (Phi) is 5.02. The molecule has 1 atom stereocenters. The van der Waals surface area contributed by atoms with Gasteiger partial charge >= 0.3 is 5.97 Å². The number of non-ortho nitro benzene ring substituents is 1. The van der Waals surface area contributed by atoms with E-state index in [1.807, 2.05) is 0 Å². The molecule has 0 radical (unpaired) electrons. The van der Waals surface area contributed by atoms with E-state index in [4.69, 9.17) is 21.1 Å². The first kappa shape index (κ1) is 16.6. The number of hydrogen-bond donors (Lipinski definition) is 1. The number of carbonyl (C=O) groups is 1. The highest BCUT2D eigenvalue weighted by Gasteiger charge is 2.24. The van der Waals surface area contributed by atoms with Crippen LogP contribution in [0.3, 0.4) is 0 Å². The summed E-state index contributed by atoms with van der Waals surface area (Å²) in [7, 11) is 1.31. The molecule has 0 aliphatic heterocycles. The summed E-state index contributed by atoms with van der Waals surface area (Å²) in [5.74, 6) is -1.06. The van der Waals surface area contributed by atoms with Crippen LogP contribution in [0.2, 0.25) is 5.02 Å². The highest BCUT2D eigenvalue weighted by molar-refractivity contribution is 6.30. The number of carboxylic acid groups (broad SMARTS) is 1. The molecule has 7 nitrogen and oxygen atoms in total. The van der Waals surface area contributed by atoms with Crippen LogP contribution in [0.5, 0.6) is 11.5 Å². The van der Waals surface area contributed by atoms with Crippen LogP contribution in [0.4, 0.5) is 5.69 Å². The molecule has 2 aromatic carbocycles. The zero-order chi connectivity index (χ0) is 17.0. The number of nitrogens with zero attached hydrogens (tertiary/aromatic N) is 1. The Morgan fingerprint density at radius 3 is 2.39 bits per heavy atom. The van der Waals surface area contributed by atoms with Gasteiger partial charge in [0.25, 0.3) is 5.69 Å². The minimum atomic E-state index is -1.30. The molecule has 0 amide bonds. The lowest BCUT2D eigenvalue weighted by Crippen LogP contribution is -2.18. The average molecular weight is 338 g/mol. The molecular weight excluding hydrogens is 326 g/mol. The molecule has 0 bridgehead atoms. The Hall–Kier alpha value is -2.80. The van der Waals surface area contributed by atoms with Gasteiger partial charge in [-0.2, -0.15) is 0 Å². The number of hydrogen-bond acceptors (Lipinski definition) is 5.